The molecule has 1 aliphatic heterocycles. The van der Waals surface area contributed by atoms with Gasteiger partial charge in [0.2, 0.25) is 0 Å². The second kappa shape index (κ2) is 8.32. The van der Waals surface area contributed by atoms with E-state index in [2.05, 4.69) is 5.32 Å². The van der Waals surface area contributed by atoms with Gasteiger partial charge in [-0.3, -0.25) is 14.0 Å². The molecule has 1 aliphatic rings. The van der Waals surface area contributed by atoms with Gasteiger partial charge in [-0.05, 0) is 52.0 Å². The smallest absolute Gasteiger partial charge is 0.325 e. The first-order valence-corrected chi connectivity index (χ1v) is 11.3. The molecule has 2 N–H and O–H groups in total. The van der Waals surface area contributed by atoms with E-state index in [1.807, 2.05) is 13.8 Å². The Morgan fingerprint density at radius 1 is 1.00 bits per heavy atom. The Morgan fingerprint density at radius 2 is 1.52 bits per heavy atom. The van der Waals surface area contributed by atoms with E-state index < -0.39 is 33.6 Å². The summed E-state index contributed by atoms with van der Waals surface area (Å²) in [5.74, 6) is -0.472. The van der Waals surface area contributed by atoms with Crippen molar-refractivity contribution in [3.05, 3.63) is 59.7 Å². The Bertz CT molecular complexity index is 1080. The molecule has 2 aromatic carbocycles. The lowest BCUT2D eigenvalue weighted by atomic mass is 10.1. The Kier molecular flexibility index (Phi) is 6.11. The van der Waals surface area contributed by atoms with Crippen LogP contribution in [0, 0.1) is 13.8 Å². The SMILES string of the molecule is Cc1ccc(N(C[C@@H](O)CN2C(=O)NC(C)(C)C2=O)S(=O)(=O)c2ccc(C)cc2)cc1. The fourth-order valence-electron chi connectivity index (χ4n) is 3.33. The summed E-state index contributed by atoms with van der Waals surface area (Å²) in [5.41, 5.74) is 1.19. The van der Waals surface area contributed by atoms with Gasteiger partial charge >= 0.3 is 6.03 Å². The van der Waals surface area contributed by atoms with Crippen molar-refractivity contribution in [1.29, 1.82) is 0 Å². The van der Waals surface area contributed by atoms with Crippen LogP contribution in [0.5, 0.6) is 0 Å². The van der Waals surface area contributed by atoms with Gasteiger partial charge in [-0.15, -0.1) is 0 Å². The third-order valence-electron chi connectivity index (χ3n) is 5.15. The quantitative estimate of drug-likeness (QED) is 0.636. The highest BCUT2D eigenvalue weighted by atomic mass is 32.2. The minimum Gasteiger partial charge on any atom is -0.389 e. The van der Waals surface area contributed by atoms with Crippen molar-refractivity contribution >= 4 is 27.6 Å². The summed E-state index contributed by atoms with van der Waals surface area (Å²) in [5, 5.41) is 13.2. The number of nitrogens with one attached hydrogen (secondary N) is 1. The summed E-state index contributed by atoms with van der Waals surface area (Å²) in [6, 6.07) is 12.7. The number of carbonyl (C=O) groups excluding carboxylic acids is 2. The van der Waals surface area contributed by atoms with Crippen molar-refractivity contribution in [3.8, 4) is 0 Å². The first-order chi connectivity index (χ1) is 14.4. The lowest BCUT2D eigenvalue weighted by Gasteiger charge is -2.28. The van der Waals surface area contributed by atoms with E-state index in [1.54, 1.807) is 50.2 Å². The molecule has 0 spiro atoms. The number of amides is 3. The summed E-state index contributed by atoms with van der Waals surface area (Å²) >= 11 is 0. The van der Waals surface area contributed by atoms with Gasteiger partial charge < -0.3 is 10.4 Å². The molecule has 9 heteroatoms. The molecule has 0 saturated carbocycles. The molecule has 8 nitrogen and oxygen atoms in total. The van der Waals surface area contributed by atoms with Crippen LogP contribution in [0.4, 0.5) is 10.5 Å². The Labute approximate surface area is 182 Å². The molecule has 3 rings (SSSR count). The number of β-amino-alcohol motifs (C(OH)–C–C–N with tert-alkyl or cyclic N) is 1. The van der Waals surface area contributed by atoms with E-state index in [1.165, 1.54) is 12.1 Å². The van der Waals surface area contributed by atoms with Crippen LogP contribution in [-0.4, -0.2) is 55.1 Å². The number of aliphatic hydroxyl groups excluding tert-OH is 1. The van der Waals surface area contributed by atoms with E-state index in [0.29, 0.717) is 5.69 Å². The summed E-state index contributed by atoms with van der Waals surface area (Å²) in [4.78, 5) is 25.5. The third-order valence-corrected chi connectivity index (χ3v) is 6.95. The fraction of sp³-hybridized carbons (Fsp3) is 0.364. The van der Waals surface area contributed by atoms with Crippen LogP contribution in [0.25, 0.3) is 0 Å². The Morgan fingerprint density at radius 3 is 2.00 bits per heavy atom. The van der Waals surface area contributed by atoms with Gasteiger partial charge in [-0.25, -0.2) is 13.2 Å². The number of sulfonamides is 1. The summed E-state index contributed by atoms with van der Waals surface area (Å²) in [7, 11) is -3.99. The maximum Gasteiger partial charge on any atom is 0.325 e. The van der Waals surface area contributed by atoms with Gasteiger partial charge in [-0.1, -0.05) is 35.4 Å². The number of rotatable bonds is 7. The second-order valence-corrected chi connectivity index (χ2v) is 10.2. The molecule has 166 valence electrons. The molecule has 0 bridgehead atoms. The molecule has 31 heavy (non-hydrogen) atoms. The number of aliphatic hydroxyl groups is 1. The third kappa shape index (κ3) is 4.72. The van der Waals surface area contributed by atoms with Crippen LogP contribution >= 0.6 is 0 Å². The first kappa shape index (κ1) is 22.8. The molecule has 0 unspecified atom stereocenters. The average molecular weight is 446 g/mol. The number of urea groups is 1. The van der Waals surface area contributed by atoms with Crippen molar-refractivity contribution in [2.45, 2.75) is 44.2 Å². The summed E-state index contributed by atoms with van der Waals surface area (Å²) in [6.45, 7) is 6.24. The van der Waals surface area contributed by atoms with Crippen molar-refractivity contribution in [1.82, 2.24) is 10.2 Å². The fourth-order valence-corrected chi connectivity index (χ4v) is 4.84. The number of imide groups is 1. The molecule has 1 saturated heterocycles. The Balaban J connectivity index is 1.90. The van der Waals surface area contributed by atoms with Crippen molar-refractivity contribution < 1.29 is 23.1 Å². The highest BCUT2D eigenvalue weighted by molar-refractivity contribution is 7.92. The van der Waals surface area contributed by atoms with E-state index in [0.717, 1.165) is 20.3 Å². The van der Waals surface area contributed by atoms with Crippen LogP contribution in [0.3, 0.4) is 0 Å². The first-order valence-electron chi connectivity index (χ1n) is 9.90. The highest BCUT2D eigenvalue weighted by Gasteiger charge is 2.45. The molecule has 2 aromatic rings. The number of aryl methyl sites for hydroxylation is 2. The van der Waals surface area contributed by atoms with Crippen LogP contribution < -0.4 is 9.62 Å². The maximum atomic E-state index is 13.4. The molecule has 0 radical (unpaired) electrons. The monoisotopic (exact) mass is 445 g/mol. The molecule has 0 aromatic heterocycles. The average Bonchev–Trinajstić information content (AvgIpc) is 2.89. The van der Waals surface area contributed by atoms with Gasteiger partial charge in [-0.2, -0.15) is 0 Å². The lowest BCUT2D eigenvalue weighted by molar-refractivity contribution is -0.131. The predicted molar refractivity (Wildman–Crippen MR) is 117 cm³/mol. The molecular weight excluding hydrogens is 418 g/mol. The van der Waals surface area contributed by atoms with Gasteiger partial charge in [0.15, 0.2) is 0 Å². The van der Waals surface area contributed by atoms with Crippen LogP contribution in [-0.2, 0) is 14.8 Å². The standard InChI is InChI=1S/C22H27N3O5S/c1-15-5-9-17(10-6-15)25(31(29,30)19-11-7-16(2)8-12-19)14-18(26)13-24-20(27)22(3,4)23-21(24)28/h5-12,18,26H,13-14H2,1-4H3,(H,23,28)/t18-/m0/s1. The topological polar surface area (TPSA) is 107 Å². The van der Waals surface area contributed by atoms with Crippen LogP contribution in [0.1, 0.15) is 25.0 Å². The van der Waals surface area contributed by atoms with E-state index >= 15 is 0 Å². The number of benzene rings is 2. The normalized spacial score (nSPS) is 16.9. The van der Waals surface area contributed by atoms with Crippen molar-refractivity contribution in [2.24, 2.45) is 0 Å². The minimum absolute atomic E-state index is 0.0852. The Hall–Kier alpha value is -2.91. The second-order valence-electron chi connectivity index (χ2n) is 8.31. The number of hydrogen-bond acceptors (Lipinski definition) is 5. The predicted octanol–water partition coefficient (Wildman–Crippen LogP) is 2.19. The largest absolute Gasteiger partial charge is 0.389 e. The van der Waals surface area contributed by atoms with E-state index in [-0.39, 0.29) is 18.0 Å². The zero-order valence-electron chi connectivity index (χ0n) is 18.0. The molecule has 3 amide bonds. The molecule has 1 heterocycles. The number of hydrogen-bond donors (Lipinski definition) is 2. The molecule has 1 fully saturated rings. The molecular formula is C22H27N3O5S. The molecule has 1 atom stereocenters. The van der Waals surface area contributed by atoms with Crippen LogP contribution in [0.15, 0.2) is 53.4 Å². The number of carbonyl (C=O) groups is 2. The van der Waals surface area contributed by atoms with Crippen LogP contribution in [0.2, 0.25) is 0 Å². The number of nitrogens with zero attached hydrogens (tertiary/aromatic N) is 2. The maximum absolute atomic E-state index is 13.4. The van der Waals surface area contributed by atoms with Crippen molar-refractivity contribution in [3.63, 3.8) is 0 Å². The minimum atomic E-state index is -3.99. The van der Waals surface area contributed by atoms with Gasteiger partial charge in [0, 0.05) is 0 Å². The highest BCUT2D eigenvalue weighted by Crippen LogP contribution is 2.25. The zero-order chi connectivity index (χ0) is 23.0. The summed E-state index contributed by atoms with van der Waals surface area (Å²) in [6.07, 6.45) is -1.29. The van der Waals surface area contributed by atoms with E-state index in [4.69, 9.17) is 0 Å². The van der Waals surface area contributed by atoms with Gasteiger partial charge in [0.05, 0.1) is 29.8 Å². The van der Waals surface area contributed by atoms with Gasteiger partial charge in [0.1, 0.15) is 5.54 Å². The van der Waals surface area contributed by atoms with E-state index in [9.17, 15) is 23.1 Å². The number of anilines is 1. The summed E-state index contributed by atoms with van der Waals surface area (Å²) < 4.78 is 27.9. The molecule has 0 aliphatic carbocycles. The van der Waals surface area contributed by atoms with Crippen molar-refractivity contribution in [2.75, 3.05) is 17.4 Å². The lowest BCUT2D eigenvalue weighted by Crippen LogP contribution is -2.45. The zero-order valence-corrected chi connectivity index (χ0v) is 18.8. The van der Waals surface area contributed by atoms with Gasteiger partial charge in [0.25, 0.3) is 15.9 Å².